The lowest BCUT2D eigenvalue weighted by molar-refractivity contribution is -0.141. The molecule has 22 heavy (non-hydrogen) atoms. The Morgan fingerprint density at radius 3 is 2.55 bits per heavy atom. The van der Waals surface area contributed by atoms with Gasteiger partial charge < -0.3 is 10.4 Å². The van der Waals surface area contributed by atoms with Gasteiger partial charge in [-0.25, -0.2) is 8.42 Å². The molecule has 0 radical (unpaired) electrons. The highest BCUT2D eigenvalue weighted by Crippen LogP contribution is 2.27. The molecule has 0 aliphatic heterocycles. The number of halogens is 1. The van der Waals surface area contributed by atoms with Gasteiger partial charge >= 0.3 is 0 Å². The minimum Gasteiger partial charge on any atom is -0.375 e. The summed E-state index contributed by atoms with van der Waals surface area (Å²) < 4.78 is 23.2. The van der Waals surface area contributed by atoms with Gasteiger partial charge in [0.1, 0.15) is 0 Å². The molecule has 0 saturated carbocycles. The Labute approximate surface area is 136 Å². The van der Waals surface area contributed by atoms with Crippen LogP contribution in [0.2, 0.25) is 5.02 Å². The van der Waals surface area contributed by atoms with Crippen LogP contribution in [0.3, 0.4) is 0 Å². The van der Waals surface area contributed by atoms with Crippen LogP contribution in [0.5, 0.6) is 0 Å². The van der Waals surface area contributed by atoms with Gasteiger partial charge in [-0.15, -0.1) is 0 Å². The van der Waals surface area contributed by atoms with Gasteiger partial charge in [-0.1, -0.05) is 37.6 Å². The molecule has 0 aliphatic rings. The van der Waals surface area contributed by atoms with Gasteiger partial charge in [-0.05, 0) is 31.0 Å². The highest BCUT2D eigenvalue weighted by atomic mass is 35.5. The maximum Gasteiger partial charge on any atom is 0.256 e. The largest absolute Gasteiger partial charge is 0.375 e. The van der Waals surface area contributed by atoms with Crippen LogP contribution >= 0.6 is 11.6 Å². The Morgan fingerprint density at radius 2 is 2.05 bits per heavy atom. The number of rotatable bonds is 7. The number of hydrogen-bond donors (Lipinski definition) is 2. The number of carbonyl (C=O) groups excluding carboxylic acids is 1. The van der Waals surface area contributed by atoms with E-state index in [0.29, 0.717) is 10.6 Å². The Kier molecular flexibility index (Phi) is 6.40. The normalized spacial score (nSPS) is 15.9. The van der Waals surface area contributed by atoms with Crippen molar-refractivity contribution in [2.75, 3.05) is 11.5 Å². The number of carbonyl (C=O) groups is 1. The second kappa shape index (κ2) is 7.44. The number of nitrogens with one attached hydrogen (secondary N) is 1. The van der Waals surface area contributed by atoms with Crippen LogP contribution in [0.4, 0.5) is 0 Å². The van der Waals surface area contributed by atoms with E-state index in [2.05, 4.69) is 5.32 Å². The van der Waals surface area contributed by atoms with E-state index in [4.69, 9.17) is 11.6 Å². The third-order valence-corrected chi connectivity index (χ3v) is 5.63. The predicted octanol–water partition coefficient (Wildman–Crippen LogP) is 1.88. The van der Waals surface area contributed by atoms with Gasteiger partial charge in [-0.2, -0.15) is 0 Å². The number of amides is 1. The first kappa shape index (κ1) is 18.9. The van der Waals surface area contributed by atoms with Crippen molar-refractivity contribution in [3.05, 3.63) is 34.9 Å². The Morgan fingerprint density at radius 1 is 1.41 bits per heavy atom. The molecule has 1 aromatic carbocycles. The monoisotopic (exact) mass is 347 g/mol. The molecule has 0 spiro atoms. The third kappa shape index (κ3) is 4.69. The number of benzene rings is 1. The van der Waals surface area contributed by atoms with Crippen LogP contribution in [-0.2, 0) is 20.2 Å². The van der Waals surface area contributed by atoms with Crippen LogP contribution in [0, 0.1) is 0 Å². The summed E-state index contributed by atoms with van der Waals surface area (Å²) in [5.41, 5.74) is -1.36. The highest BCUT2D eigenvalue weighted by molar-refractivity contribution is 7.91. The molecule has 7 heteroatoms. The summed E-state index contributed by atoms with van der Waals surface area (Å²) >= 11 is 5.90. The minimum absolute atomic E-state index is 0.0134. The first-order valence-electron chi connectivity index (χ1n) is 7.14. The Hall–Kier alpha value is -1.11. The molecule has 0 unspecified atom stereocenters. The van der Waals surface area contributed by atoms with Crippen molar-refractivity contribution in [3.63, 3.8) is 0 Å². The number of hydrogen-bond acceptors (Lipinski definition) is 4. The van der Waals surface area contributed by atoms with Crippen LogP contribution in [0.1, 0.15) is 32.8 Å². The molecule has 1 rings (SSSR count). The summed E-state index contributed by atoms with van der Waals surface area (Å²) in [5.74, 6) is -0.777. The van der Waals surface area contributed by atoms with Gasteiger partial charge in [-0.3, -0.25) is 4.79 Å². The summed E-state index contributed by atoms with van der Waals surface area (Å²) in [4.78, 5) is 12.4. The van der Waals surface area contributed by atoms with Crippen LogP contribution in [0.25, 0.3) is 0 Å². The van der Waals surface area contributed by atoms with Crippen LogP contribution in [0.15, 0.2) is 24.3 Å². The molecule has 0 heterocycles. The molecule has 0 aliphatic carbocycles. The third-order valence-electron chi connectivity index (χ3n) is 3.51. The SMILES string of the molecule is CC[C@](O)(C(=O)N[C@@H](C)CS(=O)(=O)CC)c1cccc(Cl)c1. The van der Waals surface area contributed by atoms with E-state index in [-0.39, 0.29) is 17.9 Å². The molecular formula is C15H22ClNO4S. The number of sulfone groups is 1. The van der Waals surface area contributed by atoms with Crippen molar-refractivity contribution < 1.29 is 18.3 Å². The highest BCUT2D eigenvalue weighted by Gasteiger charge is 2.37. The van der Waals surface area contributed by atoms with Crippen molar-refractivity contribution in [3.8, 4) is 0 Å². The molecule has 0 fully saturated rings. The lowest BCUT2D eigenvalue weighted by Gasteiger charge is -2.28. The van der Waals surface area contributed by atoms with E-state index in [0.717, 1.165) is 0 Å². The average Bonchev–Trinajstić information content (AvgIpc) is 2.45. The molecule has 5 nitrogen and oxygen atoms in total. The zero-order valence-corrected chi connectivity index (χ0v) is 14.5. The van der Waals surface area contributed by atoms with E-state index in [9.17, 15) is 18.3 Å². The summed E-state index contributed by atoms with van der Waals surface area (Å²) in [6.45, 7) is 4.82. The molecule has 2 atom stereocenters. The molecule has 0 saturated heterocycles. The van der Waals surface area contributed by atoms with Gasteiger partial charge in [0.15, 0.2) is 15.4 Å². The Bertz CT molecular complexity index is 632. The maximum atomic E-state index is 12.4. The molecule has 124 valence electrons. The molecule has 1 amide bonds. The lowest BCUT2D eigenvalue weighted by atomic mass is 9.90. The fourth-order valence-electron chi connectivity index (χ4n) is 2.13. The van der Waals surface area contributed by atoms with E-state index in [1.165, 1.54) is 6.07 Å². The van der Waals surface area contributed by atoms with Crippen molar-refractivity contribution in [2.24, 2.45) is 0 Å². The predicted molar refractivity (Wildman–Crippen MR) is 87.6 cm³/mol. The summed E-state index contributed by atoms with van der Waals surface area (Å²) in [6, 6.07) is 5.85. The van der Waals surface area contributed by atoms with E-state index in [1.54, 1.807) is 39.0 Å². The summed E-state index contributed by atoms with van der Waals surface area (Å²) in [5, 5.41) is 13.7. The smallest absolute Gasteiger partial charge is 0.256 e. The van der Waals surface area contributed by atoms with Gasteiger partial charge in [0.05, 0.1) is 5.75 Å². The topological polar surface area (TPSA) is 83.5 Å². The molecule has 0 bridgehead atoms. The average molecular weight is 348 g/mol. The van der Waals surface area contributed by atoms with Crippen molar-refractivity contribution >= 4 is 27.3 Å². The molecule has 2 N–H and O–H groups in total. The second-order valence-electron chi connectivity index (χ2n) is 5.30. The second-order valence-corrected chi connectivity index (χ2v) is 8.13. The fourth-order valence-corrected chi connectivity index (χ4v) is 3.40. The minimum atomic E-state index is -3.21. The van der Waals surface area contributed by atoms with Gasteiger partial charge in [0.2, 0.25) is 0 Å². The lowest BCUT2D eigenvalue weighted by Crippen LogP contribution is -2.49. The zero-order valence-electron chi connectivity index (χ0n) is 13.0. The van der Waals surface area contributed by atoms with Crippen molar-refractivity contribution in [2.45, 2.75) is 38.8 Å². The maximum absolute atomic E-state index is 12.4. The fraction of sp³-hybridized carbons (Fsp3) is 0.533. The van der Waals surface area contributed by atoms with Crippen LogP contribution < -0.4 is 5.32 Å². The van der Waals surface area contributed by atoms with Crippen molar-refractivity contribution in [1.82, 2.24) is 5.32 Å². The standard InChI is InChI=1S/C15H22ClNO4S/c1-4-15(19,12-7-6-8-13(16)9-12)14(18)17-11(3)10-22(20,21)5-2/h6-9,11,19H,4-5,10H2,1-3H3,(H,17,18)/t11-,15+/m0/s1. The van der Waals surface area contributed by atoms with Gasteiger partial charge in [0, 0.05) is 16.8 Å². The van der Waals surface area contributed by atoms with Crippen LogP contribution in [-0.4, -0.2) is 37.0 Å². The quantitative estimate of drug-likeness (QED) is 0.788. The molecule has 1 aromatic rings. The molecule has 0 aromatic heterocycles. The summed E-state index contributed by atoms with van der Waals surface area (Å²) in [7, 11) is -3.21. The molecular weight excluding hydrogens is 326 g/mol. The van der Waals surface area contributed by atoms with Crippen molar-refractivity contribution in [1.29, 1.82) is 0 Å². The Balaban J connectivity index is 2.93. The first-order chi connectivity index (χ1) is 10.1. The first-order valence-corrected chi connectivity index (χ1v) is 9.34. The van der Waals surface area contributed by atoms with E-state index >= 15 is 0 Å². The zero-order chi connectivity index (χ0) is 17.0. The summed E-state index contributed by atoms with van der Waals surface area (Å²) in [6.07, 6.45) is 0.145. The van der Waals surface area contributed by atoms with E-state index < -0.39 is 27.4 Å². The number of aliphatic hydroxyl groups is 1. The van der Waals surface area contributed by atoms with E-state index in [1.807, 2.05) is 0 Å². The van der Waals surface area contributed by atoms with Gasteiger partial charge in [0.25, 0.3) is 5.91 Å².